The maximum Gasteiger partial charge on any atom is 0.304 e. The molecule has 0 bridgehead atoms. The summed E-state index contributed by atoms with van der Waals surface area (Å²) in [6.45, 7) is 3.88. The molecule has 5 heteroatoms. The SMILES string of the molecule is O=C(O)C[C@@H]1COc2cc(OCc3cccc(-c4ccc5c(c4)CN(Cc4ccccc4)CC5)c3)ccc21. The normalized spacial score (nSPS) is 16.4. The van der Waals surface area contributed by atoms with Crippen LogP contribution in [0.3, 0.4) is 0 Å². The Kier molecular flexibility index (Phi) is 6.84. The zero-order valence-electron chi connectivity index (χ0n) is 21.3. The summed E-state index contributed by atoms with van der Waals surface area (Å²) in [5.41, 5.74) is 8.65. The highest BCUT2D eigenvalue weighted by atomic mass is 16.5. The van der Waals surface area contributed by atoms with Crippen molar-refractivity contribution >= 4 is 5.97 Å². The van der Waals surface area contributed by atoms with Crippen molar-refractivity contribution in [3.63, 3.8) is 0 Å². The fourth-order valence-corrected chi connectivity index (χ4v) is 5.51. The second-order valence-electron chi connectivity index (χ2n) is 10.2. The van der Waals surface area contributed by atoms with E-state index in [9.17, 15) is 4.79 Å². The molecule has 0 amide bonds. The first-order valence-electron chi connectivity index (χ1n) is 13.2. The lowest BCUT2D eigenvalue weighted by molar-refractivity contribution is -0.137. The smallest absolute Gasteiger partial charge is 0.304 e. The van der Waals surface area contributed by atoms with Crippen LogP contribution < -0.4 is 9.47 Å². The van der Waals surface area contributed by atoms with Crippen LogP contribution >= 0.6 is 0 Å². The minimum absolute atomic E-state index is 0.0771. The first-order valence-corrected chi connectivity index (χ1v) is 13.2. The molecule has 2 aliphatic heterocycles. The van der Waals surface area contributed by atoms with Crippen LogP contribution in [-0.4, -0.2) is 29.1 Å². The Hall–Kier alpha value is -4.09. The van der Waals surface area contributed by atoms with Crippen molar-refractivity contribution in [1.29, 1.82) is 0 Å². The summed E-state index contributed by atoms with van der Waals surface area (Å²) in [7, 11) is 0. The fourth-order valence-electron chi connectivity index (χ4n) is 5.51. The number of nitrogens with zero attached hydrogens (tertiary/aromatic N) is 1. The van der Waals surface area contributed by atoms with Crippen LogP contribution in [0.2, 0.25) is 0 Å². The van der Waals surface area contributed by atoms with Crippen molar-refractivity contribution in [2.45, 2.75) is 38.5 Å². The van der Waals surface area contributed by atoms with Crippen LogP contribution in [0.4, 0.5) is 0 Å². The van der Waals surface area contributed by atoms with Crippen LogP contribution in [0.15, 0.2) is 91.0 Å². The molecular weight excluding hydrogens is 474 g/mol. The lowest BCUT2D eigenvalue weighted by Crippen LogP contribution is -2.30. The van der Waals surface area contributed by atoms with Gasteiger partial charge in [0.25, 0.3) is 0 Å². The molecule has 0 saturated carbocycles. The average molecular weight is 506 g/mol. The van der Waals surface area contributed by atoms with E-state index in [1.165, 1.54) is 27.8 Å². The van der Waals surface area contributed by atoms with E-state index in [0.29, 0.717) is 13.2 Å². The van der Waals surface area contributed by atoms with E-state index >= 15 is 0 Å². The number of carbonyl (C=O) groups is 1. The second kappa shape index (κ2) is 10.7. The largest absolute Gasteiger partial charge is 0.492 e. The van der Waals surface area contributed by atoms with Crippen molar-refractivity contribution in [3.05, 3.63) is 119 Å². The summed E-state index contributed by atoms with van der Waals surface area (Å²) in [5.74, 6) is 0.528. The molecule has 4 aromatic carbocycles. The quantitative estimate of drug-likeness (QED) is 0.299. The lowest BCUT2D eigenvalue weighted by Gasteiger charge is -2.29. The van der Waals surface area contributed by atoms with Gasteiger partial charge in [-0.15, -0.1) is 0 Å². The second-order valence-corrected chi connectivity index (χ2v) is 10.2. The maximum absolute atomic E-state index is 11.1. The number of hydrogen-bond acceptors (Lipinski definition) is 4. The van der Waals surface area contributed by atoms with Crippen LogP contribution in [0.1, 0.15) is 40.2 Å². The number of carboxylic acids is 1. The van der Waals surface area contributed by atoms with Gasteiger partial charge in [0.05, 0.1) is 13.0 Å². The number of ether oxygens (including phenoxy) is 2. The molecule has 0 aromatic heterocycles. The van der Waals surface area contributed by atoms with Crippen molar-refractivity contribution in [3.8, 4) is 22.6 Å². The van der Waals surface area contributed by atoms with Gasteiger partial charge in [-0.3, -0.25) is 9.69 Å². The Balaban J connectivity index is 1.12. The summed E-state index contributed by atoms with van der Waals surface area (Å²) < 4.78 is 11.8. The Labute approximate surface area is 223 Å². The molecular formula is C33H31NO4. The monoisotopic (exact) mass is 505 g/mol. The highest BCUT2D eigenvalue weighted by Crippen LogP contribution is 2.38. The van der Waals surface area contributed by atoms with Crippen molar-refractivity contribution < 1.29 is 19.4 Å². The summed E-state index contributed by atoms with van der Waals surface area (Å²) >= 11 is 0. The van der Waals surface area contributed by atoms with Gasteiger partial charge in [-0.2, -0.15) is 0 Å². The van der Waals surface area contributed by atoms with Gasteiger partial charge in [0.2, 0.25) is 0 Å². The van der Waals surface area contributed by atoms with E-state index in [0.717, 1.165) is 48.7 Å². The summed E-state index contributed by atoms with van der Waals surface area (Å²) in [6.07, 6.45) is 1.16. The van der Waals surface area contributed by atoms with Gasteiger partial charge in [-0.05, 0) is 58.0 Å². The average Bonchev–Trinajstić information content (AvgIpc) is 3.33. The van der Waals surface area contributed by atoms with Crippen LogP contribution in [0.25, 0.3) is 11.1 Å². The lowest BCUT2D eigenvalue weighted by atomic mass is 9.94. The van der Waals surface area contributed by atoms with E-state index in [2.05, 4.69) is 77.7 Å². The van der Waals surface area contributed by atoms with Gasteiger partial charge < -0.3 is 14.6 Å². The van der Waals surface area contributed by atoms with Gasteiger partial charge in [0.15, 0.2) is 0 Å². The van der Waals surface area contributed by atoms with Gasteiger partial charge in [-0.1, -0.05) is 66.7 Å². The van der Waals surface area contributed by atoms with E-state index in [-0.39, 0.29) is 12.3 Å². The maximum atomic E-state index is 11.1. The van der Waals surface area contributed by atoms with E-state index in [4.69, 9.17) is 14.6 Å². The van der Waals surface area contributed by atoms with Crippen molar-refractivity contribution in [1.82, 2.24) is 4.90 Å². The fraction of sp³-hybridized carbons (Fsp3) is 0.242. The van der Waals surface area contributed by atoms with E-state index in [1.54, 1.807) is 0 Å². The Morgan fingerprint density at radius 3 is 2.61 bits per heavy atom. The number of benzene rings is 4. The molecule has 38 heavy (non-hydrogen) atoms. The molecule has 2 aliphatic rings. The topological polar surface area (TPSA) is 59.0 Å². The Morgan fingerprint density at radius 2 is 1.74 bits per heavy atom. The van der Waals surface area contributed by atoms with Gasteiger partial charge in [0.1, 0.15) is 18.1 Å². The molecule has 5 nitrogen and oxygen atoms in total. The summed E-state index contributed by atoms with van der Waals surface area (Å²) in [5, 5.41) is 9.11. The minimum Gasteiger partial charge on any atom is -0.492 e. The van der Waals surface area contributed by atoms with E-state index in [1.807, 2.05) is 18.2 Å². The van der Waals surface area contributed by atoms with Gasteiger partial charge in [-0.25, -0.2) is 0 Å². The molecule has 4 aromatic rings. The highest BCUT2D eigenvalue weighted by molar-refractivity contribution is 5.69. The number of fused-ring (bicyclic) bond motifs is 2. The first-order chi connectivity index (χ1) is 18.6. The van der Waals surface area contributed by atoms with Gasteiger partial charge in [0, 0.05) is 37.2 Å². The number of rotatable bonds is 8. The molecule has 192 valence electrons. The van der Waals surface area contributed by atoms with Crippen molar-refractivity contribution in [2.75, 3.05) is 13.2 Å². The Bertz CT molecular complexity index is 1450. The molecule has 0 unspecified atom stereocenters. The Morgan fingerprint density at radius 1 is 0.895 bits per heavy atom. The minimum atomic E-state index is -0.810. The zero-order valence-corrected chi connectivity index (χ0v) is 21.3. The predicted octanol–water partition coefficient (Wildman–Crippen LogP) is 6.44. The summed E-state index contributed by atoms with van der Waals surface area (Å²) in [4.78, 5) is 13.6. The zero-order chi connectivity index (χ0) is 25.9. The number of hydrogen-bond donors (Lipinski definition) is 1. The van der Waals surface area contributed by atoms with Crippen molar-refractivity contribution in [2.24, 2.45) is 0 Å². The number of carboxylic acid groups (broad SMARTS) is 1. The molecule has 0 spiro atoms. The third-order valence-electron chi connectivity index (χ3n) is 7.50. The first kappa shape index (κ1) is 24.3. The van der Waals surface area contributed by atoms with Crippen LogP contribution in [-0.2, 0) is 30.9 Å². The molecule has 0 saturated heterocycles. The van der Waals surface area contributed by atoms with Crippen LogP contribution in [0.5, 0.6) is 11.5 Å². The molecule has 6 rings (SSSR count). The predicted molar refractivity (Wildman–Crippen MR) is 147 cm³/mol. The molecule has 1 N–H and O–H groups in total. The molecule has 1 atom stereocenters. The highest BCUT2D eigenvalue weighted by Gasteiger charge is 2.26. The molecule has 2 heterocycles. The third-order valence-corrected chi connectivity index (χ3v) is 7.50. The molecule has 0 aliphatic carbocycles. The number of aliphatic carboxylic acids is 1. The van der Waals surface area contributed by atoms with E-state index < -0.39 is 5.97 Å². The van der Waals surface area contributed by atoms with Gasteiger partial charge >= 0.3 is 5.97 Å². The molecule has 0 radical (unpaired) electrons. The standard InChI is InChI=1S/C33H31NO4/c35-33(36)17-29-22-38-32-18-30(11-12-31(29)32)37-21-24-7-4-8-26(15-24)27-10-9-25-13-14-34(20-28(25)16-27)19-23-5-2-1-3-6-23/h1-12,15-16,18,29H,13-14,17,19-22H2,(H,35,36)/t29-/m1/s1. The third kappa shape index (κ3) is 5.43. The summed E-state index contributed by atoms with van der Waals surface area (Å²) in [6, 6.07) is 31.8. The van der Waals surface area contributed by atoms with Crippen LogP contribution in [0, 0.1) is 0 Å². The molecule has 0 fully saturated rings.